The first kappa shape index (κ1) is 23.5. The van der Waals surface area contributed by atoms with Gasteiger partial charge in [-0.05, 0) is 36.8 Å². The highest BCUT2D eigenvalue weighted by Crippen LogP contribution is 2.54. The number of β-lactam (4-membered cyclic amide) rings is 1. The lowest BCUT2D eigenvalue weighted by Crippen LogP contribution is -2.71. The highest BCUT2D eigenvalue weighted by Gasteiger charge is 2.68. The minimum Gasteiger partial charge on any atom is -0.459 e. The fourth-order valence-corrected chi connectivity index (χ4v) is 6.98. The van der Waals surface area contributed by atoms with Crippen LogP contribution in [0.25, 0.3) is 0 Å². The van der Waals surface area contributed by atoms with Crippen molar-refractivity contribution < 1.29 is 28.8 Å². The number of amides is 3. The molecule has 5 rings (SSSR count). The number of benzene rings is 2. The van der Waals surface area contributed by atoms with Crippen LogP contribution >= 0.6 is 27.7 Å². The molecule has 2 saturated heterocycles. The van der Waals surface area contributed by atoms with E-state index in [9.17, 15) is 29.3 Å². The van der Waals surface area contributed by atoms with Gasteiger partial charge in [0.15, 0.2) is 0 Å². The summed E-state index contributed by atoms with van der Waals surface area (Å²) in [7, 11) is 0. The van der Waals surface area contributed by atoms with E-state index in [2.05, 4.69) is 15.9 Å². The molecule has 0 aromatic heterocycles. The number of nitro groups is 1. The Morgan fingerprint density at radius 3 is 2.26 bits per heavy atom. The van der Waals surface area contributed by atoms with Gasteiger partial charge in [0.05, 0.1) is 20.8 Å². The number of nitro benzene ring substituents is 1. The highest BCUT2D eigenvalue weighted by atomic mass is 79.9. The predicted octanol–water partition coefficient (Wildman–Crippen LogP) is 2.74. The maximum Gasteiger partial charge on any atom is 0.330 e. The molecule has 0 saturated carbocycles. The summed E-state index contributed by atoms with van der Waals surface area (Å²) in [6.45, 7) is 1.69. The van der Waals surface area contributed by atoms with E-state index in [0.29, 0.717) is 10.9 Å². The molecule has 3 aliphatic rings. The zero-order valence-electron chi connectivity index (χ0n) is 18.3. The van der Waals surface area contributed by atoms with Gasteiger partial charge in [0.2, 0.25) is 0 Å². The van der Waals surface area contributed by atoms with E-state index in [1.165, 1.54) is 40.9 Å². The van der Waals surface area contributed by atoms with Crippen molar-refractivity contribution in [1.29, 1.82) is 0 Å². The lowest BCUT2D eigenvalue weighted by atomic mass is 9.95. The van der Waals surface area contributed by atoms with Crippen LogP contribution < -0.4 is 0 Å². The number of alkyl halides is 1. The van der Waals surface area contributed by atoms with Crippen molar-refractivity contribution in [1.82, 2.24) is 9.80 Å². The zero-order chi connectivity index (χ0) is 25.1. The van der Waals surface area contributed by atoms with Gasteiger partial charge in [-0.25, -0.2) is 4.79 Å². The van der Waals surface area contributed by atoms with Crippen LogP contribution in [0.1, 0.15) is 33.2 Å². The highest BCUT2D eigenvalue weighted by molar-refractivity contribution is 9.09. The number of carbonyl (C=O) groups excluding carboxylic acids is 4. The van der Waals surface area contributed by atoms with Crippen molar-refractivity contribution in [3.05, 3.63) is 75.3 Å². The third kappa shape index (κ3) is 3.54. The molecule has 0 unspecified atom stereocenters. The normalized spacial score (nSPS) is 26.9. The minimum absolute atomic E-state index is 0.0765. The lowest BCUT2D eigenvalue weighted by molar-refractivity contribution is -0.384. The molecule has 0 bridgehead atoms. The number of carbonyl (C=O) groups is 4. The van der Waals surface area contributed by atoms with E-state index < -0.39 is 50.8 Å². The van der Waals surface area contributed by atoms with Crippen molar-refractivity contribution in [3.63, 3.8) is 0 Å². The van der Waals surface area contributed by atoms with Crippen molar-refractivity contribution in [2.24, 2.45) is 0 Å². The van der Waals surface area contributed by atoms with Gasteiger partial charge in [-0.2, -0.15) is 0 Å². The quantitative estimate of drug-likeness (QED) is 0.132. The molecule has 180 valence electrons. The second-order valence-electron chi connectivity index (χ2n) is 8.60. The Balaban J connectivity index is 1.34. The summed E-state index contributed by atoms with van der Waals surface area (Å²) in [5.41, 5.74) is 1.00. The van der Waals surface area contributed by atoms with Crippen LogP contribution in [-0.2, 0) is 20.9 Å². The number of thioether (sulfide) groups is 1. The van der Waals surface area contributed by atoms with Crippen LogP contribution in [-0.4, -0.2) is 65.9 Å². The zero-order valence-corrected chi connectivity index (χ0v) is 20.7. The fraction of sp³-hybridized carbons (Fsp3) is 0.304. The summed E-state index contributed by atoms with van der Waals surface area (Å²) in [5.74, 6) is -2.16. The Morgan fingerprint density at radius 2 is 1.71 bits per heavy atom. The number of ether oxygens (including phenoxy) is 1. The molecule has 2 aromatic rings. The van der Waals surface area contributed by atoms with E-state index in [4.69, 9.17) is 4.74 Å². The number of hydrogen-bond acceptors (Lipinski definition) is 8. The van der Waals surface area contributed by atoms with Crippen molar-refractivity contribution in [3.8, 4) is 0 Å². The second-order valence-corrected chi connectivity index (χ2v) is 10.8. The second kappa shape index (κ2) is 8.45. The fourth-order valence-electron chi connectivity index (χ4n) is 4.61. The summed E-state index contributed by atoms with van der Waals surface area (Å²) >= 11 is 4.78. The number of imide groups is 1. The predicted molar refractivity (Wildman–Crippen MR) is 128 cm³/mol. The summed E-state index contributed by atoms with van der Waals surface area (Å²) in [6.07, 6.45) is 0. The number of esters is 1. The van der Waals surface area contributed by atoms with Gasteiger partial charge in [-0.1, -0.05) is 28.1 Å². The smallest absolute Gasteiger partial charge is 0.330 e. The monoisotopic (exact) mass is 559 g/mol. The summed E-state index contributed by atoms with van der Waals surface area (Å²) in [6, 6.07) is 10.1. The Morgan fingerprint density at radius 1 is 1.11 bits per heavy atom. The molecule has 35 heavy (non-hydrogen) atoms. The molecule has 0 radical (unpaired) electrons. The van der Waals surface area contributed by atoms with E-state index in [-0.39, 0.29) is 23.4 Å². The SMILES string of the molecule is C[C@]1(CBr)S[C@@H]2[C@H](N3C(=O)c4ccccc4C3=O)C(=O)N2[C@H]1C(=O)OCc1ccc([N+](=O)[O-])cc1. The third-order valence-electron chi connectivity index (χ3n) is 6.42. The van der Waals surface area contributed by atoms with Crippen LogP contribution in [0.5, 0.6) is 0 Å². The summed E-state index contributed by atoms with van der Waals surface area (Å²) in [4.78, 5) is 64.9. The number of hydrogen-bond donors (Lipinski definition) is 0. The molecular formula is C23H18BrN3O7S. The Kier molecular flexibility index (Phi) is 5.67. The molecule has 0 aliphatic carbocycles. The van der Waals surface area contributed by atoms with Gasteiger partial charge in [0.1, 0.15) is 24.1 Å². The van der Waals surface area contributed by atoms with Crippen molar-refractivity contribution in [2.45, 2.75) is 35.7 Å². The molecule has 3 heterocycles. The molecule has 3 amide bonds. The molecule has 0 spiro atoms. The number of nitrogens with zero attached hydrogens (tertiary/aromatic N) is 3. The van der Waals surface area contributed by atoms with Gasteiger partial charge < -0.3 is 9.64 Å². The van der Waals surface area contributed by atoms with Crippen molar-refractivity contribution >= 4 is 57.1 Å². The van der Waals surface area contributed by atoms with E-state index >= 15 is 0 Å². The molecule has 4 atom stereocenters. The number of halogens is 1. The molecule has 10 nitrogen and oxygen atoms in total. The Bertz CT molecular complexity index is 1250. The maximum absolute atomic E-state index is 13.2. The topological polar surface area (TPSA) is 127 Å². The van der Waals surface area contributed by atoms with Gasteiger partial charge in [0.25, 0.3) is 23.4 Å². The van der Waals surface area contributed by atoms with Crippen LogP contribution in [0.3, 0.4) is 0 Å². The molecule has 12 heteroatoms. The van der Waals surface area contributed by atoms with E-state index in [1.54, 1.807) is 24.3 Å². The van der Waals surface area contributed by atoms with Gasteiger partial charge >= 0.3 is 5.97 Å². The number of non-ortho nitro benzene ring substituents is 1. The summed E-state index contributed by atoms with van der Waals surface area (Å²) in [5, 5.41) is 10.6. The van der Waals surface area contributed by atoms with Crippen molar-refractivity contribution in [2.75, 3.05) is 5.33 Å². The average molecular weight is 560 g/mol. The standard InChI is InChI=1S/C23H18BrN3O7S/c1-23(11-24)17(22(31)34-10-12-6-8-13(9-7-12)27(32)33)26-20(30)16(21(26)35-23)25-18(28)14-4-2-3-5-15(14)19(25)29/h2-9,16-17,21H,10-11H2,1H3/t16-,17+,21-,23-/m1/s1. The van der Waals surface area contributed by atoms with Gasteiger partial charge in [-0.15, -0.1) is 11.8 Å². The number of rotatable bonds is 6. The van der Waals surface area contributed by atoms with Crippen LogP contribution in [0.15, 0.2) is 48.5 Å². The first-order valence-electron chi connectivity index (χ1n) is 10.6. The first-order chi connectivity index (χ1) is 16.7. The number of fused-ring (bicyclic) bond motifs is 2. The average Bonchev–Trinajstić information content (AvgIpc) is 3.27. The third-order valence-corrected chi connectivity index (χ3v) is 9.59. The molecule has 2 fully saturated rings. The van der Waals surface area contributed by atoms with E-state index in [0.717, 1.165) is 4.90 Å². The molecule has 0 N–H and O–H groups in total. The van der Waals surface area contributed by atoms with Crippen LogP contribution in [0.2, 0.25) is 0 Å². The van der Waals surface area contributed by atoms with Gasteiger partial charge in [0, 0.05) is 17.5 Å². The maximum atomic E-state index is 13.2. The van der Waals surface area contributed by atoms with Crippen LogP contribution in [0, 0.1) is 10.1 Å². The Labute approximate surface area is 211 Å². The first-order valence-corrected chi connectivity index (χ1v) is 12.6. The van der Waals surface area contributed by atoms with Gasteiger partial charge in [-0.3, -0.25) is 29.4 Å². The largest absolute Gasteiger partial charge is 0.459 e. The molecule has 2 aromatic carbocycles. The Hall–Kier alpha value is -3.25. The molecule has 3 aliphatic heterocycles. The van der Waals surface area contributed by atoms with E-state index in [1.807, 2.05) is 6.92 Å². The molecular weight excluding hydrogens is 542 g/mol. The van der Waals surface area contributed by atoms with Crippen LogP contribution in [0.4, 0.5) is 5.69 Å². The summed E-state index contributed by atoms with van der Waals surface area (Å²) < 4.78 is 4.72. The lowest BCUT2D eigenvalue weighted by Gasteiger charge is -2.46. The minimum atomic E-state index is -1.00.